The highest BCUT2D eigenvalue weighted by Gasteiger charge is 2.14. The van der Waals surface area contributed by atoms with E-state index < -0.39 is 18.0 Å². The van der Waals surface area contributed by atoms with Crippen molar-refractivity contribution in [2.45, 2.75) is 58.5 Å². The highest BCUT2D eigenvalue weighted by molar-refractivity contribution is 5.87. The first kappa shape index (κ1) is 14.1. The van der Waals surface area contributed by atoms with Crippen LogP contribution in [0.1, 0.15) is 52.4 Å². The van der Waals surface area contributed by atoms with Crippen molar-refractivity contribution in [2.24, 2.45) is 0 Å². The van der Waals surface area contributed by atoms with Crippen molar-refractivity contribution in [3.8, 4) is 0 Å². The molecule has 0 saturated heterocycles. The van der Waals surface area contributed by atoms with Gasteiger partial charge in [-0.3, -0.25) is 4.79 Å². The Morgan fingerprint density at radius 2 is 1.80 bits per heavy atom. The first-order chi connectivity index (χ1) is 7.07. The summed E-state index contributed by atoms with van der Waals surface area (Å²) >= 11 is 0. The third-order valence-electron chi connectivity index (χ3n) is 2.04. The van der Waals surface area contributed by atoms with Gasteiger partial charge in [-0.2, -0.15) is 0 Å². The van der Waals surface area contributed by atoms with Crippen LogP contribution in [0, 0.1) is 0 Å². The van der Waals surface area contributed by atoms with Gasteiger partial charge in [-0.25, -0.2) is 4.79 Å². The normalized spacial score (nSPS) is 12.2. The van der Waals surface area contributed by atoms with E-state index in [4.69, 9.17) is 5.11 Å². The van der Waals surface area contributed by atoms with Gasteiger partial charge in [-0.05, 0) is 13.3 Å². The number of carbonyl (C=O) groups is 2. The molecule has 1 unspecified atom stereocenters. The molecule has 0 aromatic rings. The Bertz CT molecular complexity index is 199. The summed E-state index contributed by atoms with van der Waals surface area (Å²) in [6.07, 6.45) is 4.18. The van der Waals surface area contributed by atoms with Crippen molar-refractivity contribution in [3.63, 3.8) is 0 Å². The number of unbranched alkanes of at least 4 members (excludes halogenated alkanes) is 4. The summed E-state index contributed by atoms with van der Waals surface area (Å²) in [4.78, 5) is 21.8. The molecule has 0 aromatic heterocycles. The Morgan fingerprint density at radius 3 is 2.33 bits per heavy atom. The van der Waals surface area contributed by atoms with Crippen LogP contribution in [-0.4, -0.2) is 23.1 Å². The summed E-state index contributed by atoms with van der Waals surface area (Å²) in [5, 5.41) is 8.78. The van der Waals surface area contributed by atoms with E-state index in [9.17, 15) is 9.59 Å². The van der Waals surface area contributed by atoms with Crippen LogP contribution in [0.3, 0.4) is 0 Å². The number of aliphatic hydroxyl groups excluding tert-OH is 1. The van der Waals surface area contributed by atoms with Gasteiger partial charge in [0, 0.05) is 6.42 Å². The monoisotopic (exact) mass is 216 g/mol. The van der Waals surface area contributed by atoms with Crippen molar-refractivity contribution in [1.82, 2.24) is 0 Å². The lowest BCUT2D eigenvalue weighted by Crippen LogP contribution is -2.22. The fourth-order valence-corrected chi connectivity index (χ4v) is 1.12. The van der Waals surface area contributed by atoms with Crippen molar-refractivity contribution in [3.05, 3.63) is 0 Å². The van der Waals surface area contributed by atoms with Crippen molar-refractivity contribution >= 4 is 11.9 Å². The molecule has 4 heteroatoms. The number of hydrogen-bond acceptors (Lipinski definition) is 4. The molecule has 0 rings (SSSR count). The number of carbonyl (C=O) groups excluding carboxylic acids is 2. The van der Waals surface area contributed by atoms with Gasteiger partial charge in [0.1, 0.15) is 6.10 Å². The van der Waals surface area contributed by atoms with Gasteiger partial charge in [-0.15, -0.1) is 0 Å². The second-order valence-electron chi connectivity index (χ2n) is 3.63. The Morgan fingerprint density at radius 1 is 1.20 bits per heavy atom. The van der Waals surface area contributed by atoms with Crippen LogP contribution in [-0.2, 0) is 14.3 Å². The molecule has 0 heterocycles. The number of aliphatic hydroxyl groups is 1. The van der Waals surface area contributed by atoms with Crippen LogP contribution in [0.4, 0.5) is 0 Å². The zero-order valence-electron chi connectivity index (χ0n) is 9.49. The molecule has 0 amide bonds. The molecule has 0 aliphatic rings. The van der Waals surface area contributed by atoms with Crippen LogP contribution in [0.5, 0.6) is 0 Å². The van der Waals surface area contributed by atoms with Gasteiger partial charge in [0.15, 0.2) is 0 Å². The highest BCUT2D eigenvalue weighted by Crippen LogP contribution is 2.06. The Labute approximate surface area is 90.6 Å². The Kier molecular flexibility index (Phi) is 7.91. The molecule has 0 aliphatic carbocycles. The predicted octanol–water partition coefficient (Wildman–Crippen LogP) is 1.80. The average Bonchev–Trinajstić information content (AvgIpc) is 2.17. The summed E-state index contributed by atoms with van der Waals surface area (Å²) in [5.74, 6) is -1.41. The van der Waals surface area contributed by atoms with Gasteiger partial charge < -0.3 is 9.84 Å². The molecule has 1 N–H and O–H groups in total. The average molecular weight is 216 g/mol. The van der Waals surface area contributed by atoms with Gasteiger partial charge in [-0.1, -0.05) is 32.6 Å². The highest BCUT2D eigenvalue weighted by atomic mass is 16.6. The van der Waals surface area contributed by atoms with Crippen LogP contribution < -0.4 is 0 Å². The molecule has 88 valence electrons. The number of rotatable bonds is 7. The Balaban J connectivity index is 3.45. The first-order valence-electron chi connectivity index (χ1n) is 5.50. The van der Waals surface area contributed by atoms with Crippen LogP contribution >= 0.6 is 0 Å². The maximum Gasteiger partial charge on any atom is 0.342 e. The fraction of sp³-hybridized carbons (Fsp3) is 0.818. The van der Waals surface area contributed by atoms with E-state index in [0.29, 0.717) is 0 Å². The third kappa shape index (κ3) is 8.12. The van der Waals surface area contributed by atoms with E-state index in [0.717, 1.165) is 25.7 Å². The van der Waals surface area contributed by atoms with Gasteiger partial charge in [0.2, 0.25) is 0 Å². The van der Waals surface area contributed by atoms with Crippen LogP contribution in [0.2, 0.25) is 0 Å². The second-order valence-corrected chi connectivity index (χ2v) is 3.63. The smallest absolute Gasteiger partial charge is 0.342 e. The fourth-order valence-electron chi connectivity index (χ4n) is 1.12. The van der Waals surface area contributed by atoms with Crippen molar-refractivity contribution in [2.75, 3.05) is 0 Å². The number of hydrogen-bond donors (Lipinski definition) is 1. The minimum atomic E-state index is -1.23. The second kappa shape index (κ2) is 8.41. The quantitative estimate of drug-likeness (QED) is 0.400. The van der Waals surface area contributed by atoms with Gasteiger partial charge >= 0.3 is 11.9 Å². The van der Waals surface area contributed by atoms with E-state index in [1.807, 2.05) is 0 Å². The summed E-state index contributed by atoms with van der Waals surface area (Å²) in [5.41, 5.74) is 0. The molecule has 0 spiro atoms. The summed E-state index contributed by atoms with van der Waals surface area (Å²) in [6, 6.07) is 0. The molecule has 0 saturated carbocycles. The van der Waals surface area contributed by atoms with E-state index in [1.165, 1.54) is 13.3 Å². The molecule has 15 heavy (non-hydrogen) atoms. The molecule has 0 aromatic carbocycles. The lowest BCUT2D eigenvalue weighted by atomic mass is 10.1. The largest absolute Gasteiger partial charge is 0.391 e. The summed E-state index contributed by atoms with van der Waals surface area (Å²) < 4.78 is 4.39. The zero-order valence-corrected chi connectivity index (χ0v) is 9.49. The Hall–Kier alpha value is -0.900. The zero-order chi connectivity index (χ0) is 11.7. The van der Waals surface area contributed by atoms with Gasteiger partial charge in [0.25, 0.3) is 0 Å². The lowest BCUT2D eigenvalue weighted by Gasteiger charge is -2.04. The lowest BCUT2D eigenvalue weighted by molar-refractivity contribution is -0.165. The van der Waals surface area contributed by atoms with E-state index in [1.54, 1.807) is 0 Å². The topological polar surface area (TPSA) is 63.6 Å². The molecule has 4 nitrogen and oxygen atoms in total. The van der Waals surface area contributed by atoms with E-state index in [2.05, 4.69) is 11.7 Å². The van der Waals surface area contributed by atoms with Gasteiger partial charge in [0.05, 0.1) is 0 Å². The summed E-state index contributed by atoms with van der Waals surface area (Å²) in [7, 11) is 0. The van der Waals surface area contributed by atoms with Crippen molar-refractivity contribution in [1.29, 1.82) is 0 Å². The molecule has 0 aliphatic heterocycles. The molecular formula is C11H20O4. The molecular weight excluding hydrogens is 196 g/mol. The van der Waals surface area contributed by atoms with E-state index >= 15 is 0 Å². The maximum absolute atomic E-state index is 11.0. The molecule has 0 fully saturated rings. The van der Waals surface area contributed by atoms with Crippen LogP contribution in [0.15, 0.2) is 0 Å². The minimum absolute atomic E-state index is 0.252. The minimum Gasteiger partial charge on any atom is -0.391 e. The SMILES string of the molecule is CCCCCCCC(=O)OC(=O)C(C)O. The number of ether oxygens (including phenoxy) is 1. The standard InChI is InChI=1S/C11H20O4/c1-3-4-5-6-7-8-10(13)15-11(14)9(2)12/h9,12H,3-8H2,1-2H3. The van der Waals surface area contributed by atoms with Crippen molar-refractivity contribution < 1.29 is 19.4 Å². The molecule has 0 radical (unpaired) electrons. The predicted molar refractivity (Wildman–Crippen MR) is 56.2 cm³/mol. The summed E-state index contributed by atoms with van der Waals surface area (Å²) in [6.45, 7) is 3.40. The first-order valence-corrected chi connectivity index (χ1v) is 5.50. The third-order valence-corrected chi connectivity index (χ3v) is 2.04. The van der Waals surface area contributed by atoms with Crippen LogP contribution in [0.25, 0.3) is 0 Å². The van der Waals surface area contributed by atoms with E-state index in [-0.39, 0.29) is 6.42 Å². The molecule has 0 bridgehead atoms. The maximum atomic E-state index is 11.0. The molecule has 1 atom stereocenters. The number of esters is 2.